The SMILES string of the molecule is CCCNCc1ccc(OC)c(-c2ccc(O)c3c2C[C@H]2C[C@H]4C(N(C)C)C(O)C(C(N)=O)C(=O)[C@@]4(O)C(=O)C2=C3O)c1. The second-order valence-corrected chi connectivity index (χ2v) is 12.0. The second-order valence-electron chi connectivity index (χ2n) is 12.0. The highest BCUT2D eigenvalue weighted by atomic mass is 16.5. The van der Waals surface area contributed by atoms with Crippen molar-refractivity contribution in [3.63, 3.8) is 0 Å². The number of nitrogens with one attached hydrogen (secondary N) is 1. The summed E-state index contributed by atoms with van der Waals surface area (Å²) >= 11 is 0. The van der Waals surface area contributed by atoms with Crippen LogP contribution >= 0.6 is 0 Å². The summed E-state index contributed by atoms with van der Waals surface area (Å²) in [7, 11) is 4.80. The number of nitrogens with two attached hydrogens (primary N) is 1. The number of phenolic OH excluding ortho intramolecular Hbond substituents is 1. The molecule has 11 heteroatoms. The van der Waals surface area contributed by atoms with Gasteiger partial charge in [-0.2, -0.15) is 0 Å². The maximum absolute atomic E-state index is 14.1. The molecule has 2 saturated carbocycles. The topological polar surface area (TPSA) is 183 Å². The smallest absolute Gasteiger partial charge is 0.230 e. The molecule has 2 fully saturated rings. The van der Waals surface area contributed by atoms with Gasteiger partial charge >= 0.3 is 0 Å². The number of primary amides is 1. The van der Waals surface area contributed by atoms with E-state index in [0.717, 1.165) is 24.1 Å². The van der Waals surface area contributed by atoms with Crippen molar-refractivity contribution in [2.75, 3.05) is 27.7 Å². The first kappa shape index (κ1) is 30.7. The van der Waals surface area contributed by atoms with Crippen molar-refractivity contribution in [3.8, 4) is 22.6 Å². The van der Waals surface area contributed by atoms with Gasteiger partial charge in [-0.15, -0.1) is 0 Å². The molecule has 3 aliphatic rings. The van der Waals surface area contributed by atoms with E-state index in [4.69, 9.17) is 10.5 Å². The summed E-state index contributed by atoms with van der Waals surface area (Å²) < 4.78 is 5.68. The number of ether oxygens (including phenoxy) is 1. The van der Waals surface area contributed by atoms with E-state index in [1.807, 2.05) is 18.2 Å². The molecule has 43 heavy (non-hydrogen) atoms. The lowest BCUT2D eigenvalue weighted by Gasteiger charge is -2.53. The summed E-state index contributed by atoms with van der Waals surface area (Å²) in [6, 6.07) is 8.01. The first-order chi connectivity index (χ1) is 20.4. The average Bonchev–Trinajstić information content (AvgIpc) is 2.95. The third kappa shape index (κ3) is 4.71. The number of likely N-dealkylation sites (N-methyl/N-ethyl adjacent to an activating group) is 1. The number of fused-ring (bicyclic) bond motifs is 3. The Kier molecular flexibility index (Phi) is 8.12. The largest absolute Gasteiger partial charge is 0.507 e. The van der Waals surface area contributed by atoms with E-state index >= 15 is 0 Å². The van der Waals surface area contributed by atoms with E-state index in [1.165, 1.54) is 6.07 Å². The third-order valence-corrected chi connectivity index (χ3v) is 9.28. The maximum Gasteiger partial charge on any atom is 0.230 e. The van der Waals surface area contributed by atoms with E-state index in [2.05, 4.69) is 12.2 Å². The number of hydrogen-bond donors (Lipinski definition) is 6. The molecule has 0 aliphatic heterocycles. The molecule has 7 N–H and O–H groups in total. The molecule has 0 bridgehead atoms. The average molecular weight is 594 g/mol. The van der Waals surface area contributed by atoms with E-state index in [0.29, 0.717) is 23.4 Å². The Labute approximate surface area is 250 Å². The van der Waals surface area contributed by atoms with Crippen LogP contribution in [0.15, 0.2) is 35.9 Å². The minimum atomic E-state index is -2.69. The van der Waals surface area contributed by atoms with E-state index < -0.39 is 58.7 Å². The predicted molar refractivity (Wildman–Crippen MR) is 158 cm³/mol. The number of amides is 1. The molecule has 6 atom stereocenters. The van der Waals surface area contributed by atoms with Gasteiger partial charge in [-0.1, -0.05) is 19.1 Å². The Morgan fingerprint density at radius 3 is 2.51 bits per heavy atom. The van der Waals surface area contributed by atoms with Gasteiger partial charge < -0.3 is 41.1 Å². The number of nitrogens with zero attached hydrogens (tertiary/aromatic N) is 1. The molecule has 230 valence electrons. The molecule has 1 amide bonds. The highest BCUT2D eigenvalue weighted by molar-refractivity contribution is 6.25. The number of rotatable bonds is 8. The van der Waals surface area contributed by atoms with Crippen LogP contribution in [-0.4, -0.2) is 88.3 Å². The minimum Gasteiger partial charge on any atom is -0.507 e. The van der Waals surface area contributed by atoms with Crippen molar-refractivity contribution in [2.24, 2.45) is 23.5 Å². The molecule has 3 aliphatic carbocycles. The Morgan fingerprint density at radius 1 is 1.16 bits per heavy atom. The molecule has 2 aromatic carbocycles. The van der Waals surface area contributed by atoms with Gasteiger partial charge in [0.2, 0.25) is 11.7 Å². The molecule has 0 spiro atoms. The first-order valence-corrected chi connectivity index (χ1v) is 14.5. The lowest BCUT2D eigenvalue weighted by molar-refractivity contribution is -0.184. The molecule has 11 nitrogen and oxygen atoms in total. The Balaban J connectivity index is 1.67. The van der Waals surface area contributed by atoms with Crippen LogP contribution in [0.5, 0.6) is 11.5 Å². The summed E-state index contributed by atoms with van der Waals surface area (Å²) in [6.07, 6.45) is -0.312. The van der Waals surface area contributed by atoms with Crippen LogP contribution in [0.1, 0.15) is 36.5 Å². The number of carbonyl (C=O) groups excluding carboxylic acids is 3. The van der Waals surface area contributed by atoms with Crippen LogP contribution < -0.4 is 15.8 Å². The van der Waals surface area contributed by atoms with Crippen LogP contribution in [0.3, 0.4) is 0 Å². The quantitative estimate of drug-likeness (QED) is 0.193. The van der Waals surface area contributed by atoms with Gasteiger partial charge in [-0.3, -0.25) is 14.4 Å². The number of benzene rings is 2. The lowest BCUT2D eigenvalue weighted by Crippen LogP contribution is -2.73. The van der Waals surface area contributed by atoms with Crippen LogP contribution in [0.4, 0.5) is 0 Å². The molecule has 0 aromatic heterocycles. The number of aliphatic hydroxyl groups is 3. The van der Waals surface area contributed by atoms with Crippen LogP contribution in [0.2, 0.25) is 0 Å². The molecule has 3 unspecified atom stereocenters. The van der Waals surface area contributed by atoms with Crippen molar-refractivity contribution < 1.29 is 39.5 Å². The fourth-order valence-electron chi connectivity index (χ4n) is 7.34. The third-order valence-electron chi connectivity index (χ3n) is 9.28. The van der Waals surface area contributed by atoms with Gasteiger partial charge in [-0.05, 0) is 80.7 Å². The number of aliphatic hydroxyl groups excluding tert-OH is 2. The van der Waals surface area contributed by atoms with E-state index in [9.17, 15) is 34.8 Å². The number of Topliss-reactive ketones (excluding diaryl/α,β-unsaturated/α-hetero) is 2. The van der Waals surface area contributed by atoms with Crippen LogP contribution in [-0.2, 0) is 27.3 Å². The zero-order chi connectivity index (χ0) is 31.4. The highest BCUT2D eigenvalue weighted by Crippen LogP contribution is 2.53. The molecular weight excluding hydrogens is 554 g/mol. The maximum atomic E-state index is 14.1. The van der Waals surface area contributed by atoms with Crippen LogP contribution in [0, 0.1) is 17.8 Å². The van der Waals surface area contributed by atoms with Gasteiger partial charge in [-0.25, -0.2) is 0 Å². The predicted octanol–water partition coefficient (Wildman–Crippen LogP) is 1.30. The monoisotopic (exact) mass is 593 g/mol. The lowest BCUT2D eigenvalue weighted by atomic mass is 9.54. The standard InChI is InChI=1S/C32H39N3O8/c1-5-10-34-14-15-6-9-22(43-4)18(11-15)17-7-8-21(36)24-19(17)12-16-13-20-26(35(2)3)28(38)25(31(33)41)30(40)32(20,42)29(39)23(16)27(24)37/h6-9,11,16,20,25-26,28,34,36-38,42H,5,10,12-14H2,1-4H3,(H2,33,41)/t16-,20-,25?,26?,28?,32-/m0/s1. The Bertz CT molecular complexity index is 1520. The number of aromatic hydroxyl groups is 1. The molecule has 0 heterocycles. The second kappa shape index (κ2) is 11.4. The fourth-order valence-corrected chi connectivity index (χ4v) is 7.34. The van der Waals surface area contributed by atoms with Crippen molar-refractivity contribution >= 4 is 23.2 Å². The summed E-state index contributed by atoms with van der Waals surface area (Å²) in [5.74, 6) is -7.13. The van der Waals surface area contributed by atoms with Gasteiger partial charge in [0.25, 0.3) is 0 Å². The summed E-state index contributed by atoms with van der Waals surface area (Å²) in [5.41, 5.74) is 5.63. The first-order valence-electron chi connectivity index (χ1n) is 14.5. The normalized spacial score (nSPS) is 28.4. The zero-order valence-corrected chi connectivity index (χ0v) is 24.8. The highest BCUT2D eigenvalue weighted by Gasteiger charge is 2.67. The van der Waals surface area contributed by atoms with Gasteiger partial charge in [0.15, 0.2) is 11.4 Å². The van der Waals surface area contributed by atoms with Crippen molar-refractivity contribution in [3.05, 3.63) is 52.6 Å². The van der Waals surface area contributed by atoms with Gasteiger partial charge in [0, 0.05) is 29.6 Å². The minimum absolute atomic E-state index is 0.0367. The molecule has 0 saturated heterocycles. The molecule has 2 aromatic rings. The fraction of sp³-hybridized carbons (Fsp3) is 0.469. The van der Waals surface area contributed by atoms with Crippen molar-refractivity contribution in [1.82, 2.24) is 10.2 Å². The number of phenols is 1. The number of hydrogen-bond acceptors (Lipinski definition) is 10. The number of methoxy groups -OCH3 is 1. The summed E-state index contributed by atoms with van der Waals surface area (Å²) in [6.45, 7) is 3.57. The van der Waals surface area contributed by atoms with Crippen molar-refractivity contribution in [2.45, 2.75) is 50.5 Å². The Morgan fingerprint density at radius 2 is 1.88 bits per heavy atom. The number of ketones is 2. The van der Waals surface area contributed by atoms with Crippen LogP contribution in [0.25, 0.3) is 16.9 Å². The van der Waals surface area contributed by atoms with Crippen molar-refractivity contribution in [1.29, 1.82) is 0 Å². The molecule has 0 radical (unpaired) electrons. The van der Waals surface area contributed by atoms with Gasteiger partial charge in [0.05, 0.1) is 18.8 Å². The molecule has 5 rings (SSSR count). The van der Waals surface area contributed by atoms with Gasteiger partial charge in [0.1, 0.15) is 23.2 Å². The molecular formula is C32H39N3O8. The summed E-state index contributed by atoms with van der Waals surface area (Å²) in [5, 5.41) is 48.8. The van der Waals surface area contributed by atoms with E-state index in [-0.39, 0.29) is 29.7 Å². The summed E-state index contributed by atoms with van der Waals surface area (Å²) in [4.78, 5) is 41.4. The Hall–Kier alpha value is -3.77. The number of carbonyl (C=O) groups is 3. The van der Waals surface area contributed by atoms with E-state index in [1.54, 1.807) is 32.2 Å². The zero-order valence-electron chi connectivity index (χ0n) is 24.8.